The van der Waals surface area contributed by atoms with Gasteiger partial charge in [0.05, 0.1) is 6.61 Å². The van der Waals surface area contributed by atoms with E-state index in [0.29, 0.717) is 13.0 Å². The number of aliphatic hydroxyl groups excluding tert-OH is 1. The van der Waals surface area contributed by atoms with E-state index in [-0.39, 0.29) is 13.0 Å². The first-order valence-electron chi connectivity index (χ1n) is 4.25. The quantitative estimate of drug-likeness (QED) is 0.579. The van der Waals surface area contributed by atoms with Crippen molar-refractivity contribution in [1.29, 1.82) is 0 Å². The van der Waals surface area contributed by atoms with Crippen molar-refractivity contribution in [2.24, 2.45) is 0 Å². The molecule has 0 aliphatic rings. The first-order chi connectivity index (χ1) is 5.70. The van der Waals surface area contributed by atoms with Crippen LogP contribution in [-0.2, 0) is 4.79 Å². The standard InChI is InChI=1S/C8H17NO3/c1-2-9(6-7-10)5-3-4-8(11)12/h10H,2-7H2,1H3,(H,11,12). The highest BCUT2D eigenvalue weighted by Crippen LogP contribution is 1.94. The molecule has 4 heteroatoms. The summed E-state index contributed by atoms with van der Waals surface area (Å²) < 4.78 is 0. The van der Waals surface area contributed by atoms with Crippen LogP contribution in [0.4, 0.5) is 0 Å². The molecular weight excluding hydrogens is 158 g/mol. The average Bonchev–Trinajstić information content (AvgIpc) is 2.02. The maximum absolute atomic E-state index is 10.2. The highest BCUT2D eigenvalue weighted by molar-refractivity contribution is 5.66. The summed E-state index contributed by atoms with van der Waals surface area (Å²) in [4.78, 5) is 12.2. The van der Waals surface area contributed by atoms with E-state index in [4.69, 9.17) is 10.2 Å². The van der Waals surface area contributed by atoms with Crippen LogP contribution in [0.15, 0.2) is 0 Å². The molecule has 0 aromatic carbocycles. The third-order valence-electron chi connectivity index (χ3n) is 1.73. The SMILES string of the molecule is CCN(CCO)CCCC(=O)O. The molecule has 0 aromatic rings. The van der Waals surface area contributed by atoms with E-state index in [1.165, 1.54) is 0 Å². The molecule has 0 amide bonds. The molecule has 0 radical (unpaired) electrons. The van der Waals surface area contributed by atoms with Gasteiger partial charge in [-0.15, -0.1) is 0 Å². The van der Waals surface area contributed by atoms with Crippen molar-refractivity contribution >= 4 is 5.97 Å². The van der Waals surface area contributed by atoms with Gasteiger partial charge in [-0.25, -0.2) is 0 Å². The number of nitrogens with zero attached hydrogens (tertiary/aromatic N) is 1. The summed E-state index contributed by atoms with van der Waals surface area (Å²) in [5.74, 6) is -0.755. The Morgan fingerprint density at radius 3 is 2.50 bits per heavy atom. The molecule has 0 spiro atoms. The third-order valence-corrected chi connectivity index (χ3v) is 1.73. The second-order valence-corrected chi connectivity index (χ2v) is 2.66. The summed E-state index contributed by atoms with van der Waals surface area (Å²) in [7, 11) is 0. The molecule has 0 heterocycles. The maximum Gasteiger partial charge on any atom is 0.303 e. The summed E-state index contributed by atoms with van der Waals surface area (Å²) >= 11 is 0. The minimum absolute atomic E-state index is 0.140. The van der Waals surface area contributed by atoms with Crippen molar-refractivity contribution in [2.75, 3.05) is 26.2 Å². The van der Waals surface area contributed by atoms with Crippen LogP contribution in [0, 0.1) is 0 Å². The normalized spacial score (nSPS) is 10.6. The van der Waals surface area contributed by atoms with Crippen LogP contribution >= 0.6 is 0 Å². The lowest BCUT2D eigenvalue weighted by atomic mass is 10.3. The molecule has 4 nitrogen and oxygen atoms in total. The van der Waals surface area contributed by atoms with E-state index >= 15 is 0 Å². The monoisotopic (exact) mass is 175 g/mol. The molecule has 72 valence electrons. The lowest BCUT2D eigenvalue weighted by Gasteiger charge is -2.17. The summed E-state index contributed by atoms with van der Waals surface area (Å²) in [6.45, 7) is 4.39. The Bertz CT molecular complexity index is 127. The first kappa shape index (κ1) is 11.4. The number of carbonyl (C=O) groups is 1. The van der Waals surface area contributed by atoms with E-state index in [0.717, 1.165) is 13.1 Å². The number of hydrogen-bond donors (Lipinski definition) is 2. The van der Waals surface area contributed by atoms with Gasteiger partial charge < -0.3 is 15.1 Å². The van der Waals surface area contributed by atoms with Gasteiger partial charge in [0.1, 0.15) is 0 Å². The summed E-state index contributed by atoms with van der Waals surface area (Å²) in [5.41, 5.74) is 0. The molecule has 0 aliphatic heterocycles. The fraction of sp³-hybridized carbons (Fsp3) is 0.875. The van der Waals surface area contributed by atoms with Crippen molar-refractivity contribution in [3.63, 3.8) is 0 Å². The molecule has 12 heavy (non-hydrogen) atoms. The Hall–Kier alpha value is -0.610. The molecule has 0 saturated carbocycles. The minimum atomic E-state index is -0.755. The summed E-state index contributed by atoms with van der Waals surface area (Å²) in [6, 6.07) is 0. The molecule has 0 atom stereocenters. The Balaban J connectivity index is 3.37. The second-order valence-electron chi connectivity index (χ2n) is 2.66. The zero-order valence-corrected chi connectivity index (χ0v) is 7.49. The van der Waals surface area contributed by atoms with Gasteiger partial charge in [0, 0.05) is 13.0 Å². The highest BCUT2D eigenvalue weighted by atomic mass is 16.4. The predicted molar refractivity (Wildman–Crippen MR) is 46.1 cm³/mol. The van der Waals surface area contributed by atoms with Crippen molar-refractivity contribution in [2.45, 2.75) is 19.8 Å². The van der Waals surface area contributed by atoms with Gasteiger partial charge in [-0.1, -0.05) is 6.92 Å². The van der Waals surface area contributed by atoms with Crippen LogP contribution in [0.2, 0.25) is 0 Å². The maximum atomic E-state index is 10.2. The lowest BCUT2D eigenvalue weighted by molar-refractivity contribution is -0.137. The van der Waals surface area contributed by atoms with E-state index in [1.54, 1.807) is 0 Å². The Morgan fingerprint density at radius 2 is 2.08 bits per heavy atom. The van der Waals surface area contributed by atoms with Gasteiger partial charge in [0.15, 0.2) is 0 Å². The smallest absolute Gasteiger partial charge is 0.303 e. The minimum Gasteiger partial charge on any atom is -0.481 e. The molecule has 0 rings (SSSR count). The zero-order valence-electron chi connectivity index (χ0n) is 7.49. The molecule has 0 aromatic heterocycles. The first-order valence-corrected chi connectivity index (χ1v) is 4.25. The molecule has 2 N–H and O–H groups in total. The molecular formula is C8H17NO3. The van der Waals surface area contributed by atoms with Gasteiger partial charge in [-0.3, -0.25) is 4.79 Å². The number of likely N-dealkylation sites (N-methyl/N-ethyl adjacent to an activating group) is 1. The fourth-order valence-corrected chi connectivity index (χ4v) is 1.02. The van der Waals surface area contributed by atoms with Gasteiger partial charge >= 0.3 is 5.97 Å². The van der Waals surface area contributed by atoms with Crippen LogP contribution in [0.5, 0.6) is 0 Å². The lowest BCUT2D eigenvalue weighted by Crippen LogP contribution is -2.28. The number of carboxylic acids is 1. The van der Waals surface area contributed by atoms with Gasteiger partial charge in [0.2, 0.25) is 0 Å². The van der Waals surface area contributed by atoms with Crippen LogP contribution < -0.4 is 0 Å². The van der Waals surface area contributed by atoms with Gasteiger partial charge in [-0.05, 0) is 19.5 Å². The third kappa shape index (κ3) is 6.12. The number of rotatable bonds is 7. The van der Waals surface area contributed by atoms with E-state index in [2.05, 4.69) is 0 Å². The Labute approximate surface area is 72.8 Å². The van der Waals surface area contributed by atoms with Crippen LogP contribution in [0.25, 0.3) is 0 Å². The van der Waals surface area contributed by atoms with Crippen molar-refractivity contribution in [1.82, 2.24) is 4.90 Å². The number of aliphatic carboxylic acids is 1. The van der Waals surface area contributed by atoms with Gasteiger partial charge in [0.25, 0.3) is 0 Å². The summed E-state index contributed by atoms with van der Waals surface area (Å²) in [6.07, 6.45) is 0.866. The topological polar surface area (TPSA) is 60.8 Å². The fourth-order valence-electron chi connectivity index (χ4n) is 1.02. The van der Waals surface area contributed by atoms with Crippen LogP contribution in [0.3, 0.4) is 0 Å². The van der Waals surface area contributed by atoms with E-state index < -0.39 is 5.97 Å². The molecule has 0 saturated heterocycles. The Kier molecular flexibility index (Phi) is 6.70. The number of hydrogen-bond acceptors (Lipinski definition) is 3. The molecule has 0 fully saturated rings. The second kappa shape index (κ2) is 7.06. The van der Waals surface area contributed by atoms with E-state index in [9.17, 15) is 4.79 Å². The predicted octanol–water partition coefficient (Wildman–Crippen LogP) is 0.165. The highest BCUT2D eigenvalue weighted by Gasteiger charge is 2.02. The largest absolute Gasteiger partial charge is 0.481 e. The van der Waals surface area contributed by atoms with Crippen LogP contribution in [0.1, 0.15) is 19.8 Å². The summed E-state index contributed by atoms with van der Waals surface area (Å²) in [5, 5.41) is 17.0. The van der Waals surface area contributed by atoms with Crippen LogP contribution in [-0.4, -0.2) is 47.3 Å². The van der Waals surface area contributed by atoms with Crippen molar-refractivity contribution in [3.05, 3.63) is 0 Å². The molecule has 0 aliphatic carbocycles. The average molecular weight is 175 g/mol. The van der Waals surface area contributed by atoms with Crippen molar-refractivity contribution < 1.29 is 15.0 Å². The molecule has 0 unspecified atom stereocenters. The zero-order chi connectivity index (χ0) is 9.40. The molecule has 0 bridgehead atoms. The number of aliphatic hydroxyl groups is 1. The number of carboxylic acid groups (broad SMARTS) is 1. The Morgan fingerprint density at radius 1 is 1.42 bits per heavy atom. The van der Waals surface area contributed by atoms with Crippen molar-refractivity contribution in [3.8, 4) is 0 Å². The van der Waals surface area contributed by atoms with Gasteiger partial charge in [-0.2, -0.15) is 0 Å². The van der Waals surface area contributed by atoms with E-state index in [1.807, 2.05) is 11.8 Å².